The maximum absolute atomic E-state index is 6.10. The van der Waals surface area contributed by atoms with Crippen LogP contribution in [0.15, 0.2) is 10.00 Å². The molecular formula is C13H18OS6. The molecule has 4 aliphatic heterocycles. The summed E-state index contributed by atoms with van der Waals surface area (Å²) in [6.07, 6.45) is 0. The minimum atomic E-state index is 0.631. The molecule has 112 valence electrons. The summed E-state index contributed by atoms with van der Waals surface area (Å²) in [6, 6.07) is 0. The van der Waals surface area contributed by atoms with Crippen molar-refractivity contribution in [2.45, 2.75) is 21.0 Å². The average molecular weight is 383 g/mol. The van der Waals surface area contributed by atoms with Crippen LogP contribution in [0.25, 0.3) is 0 Å². The van der Waals surface area contributed by atoms with Gasteiger partial charge in [0.25, 0.3) is 0 Å². The summed E-state index contributed by atoms with van der Waals surface area (Å²) in [7, 11) is 0. The zero-order chi connectivity index (χ0) is 13.4. The van der Waals surface area contributed by atoms with Gasteiger partial charge in [-0.25, -0.2) is 0 Å². The second kappa shape index (κ2) is 7.04. The molecule has 3 fully saturated rings. The Kier molecular flexibility index (Phi) is 5.34. The minimum absolute atomic E-state index is 0.631. The molecule has 0 aromatic rings. The number of thioether (sulfide) groups is 6. The Hall–Kier alpha value is 1.64. The van der Waals surface area contributed by atoms with Crippen molar-refractivity contribution in [1.82, 2.24) is 0 Å². The summed E-state index contributed by atoms with van der Waals surface area (Å²) in [5.41, 5.74) is 0. The second-order valence-corrected chi connectivity index (χ2v) is 12.6. The minimum Gasteiger partial charge on any atom is -0.485 e. The molecule has 0 saturated carbocycles. The fourth-order valence-electron chi connectivity index (χ4n) is 2.17. The van der Waals surface area contributed by atoms with Crippen LogP contribution in [0.1, 0.15) is 0 Å². The summed E-state index contributed by atoms with van der Waals surface area (Å²) in [5, 5.41) is 4.46. The fourth-order valence-corrected chi connectivity index (χ4v) is 9.87. The Morgan fingerprint density at radius 2 is 1.40 bits per heavy atom. The highest BCUT2D eigenvalue weighted by molar-refractivity contribution is 8.13. The molecule has 0 aromatic carbocycles. The monoisotopic (exact) mass is 382 g/mol. The van der Waals surface area contributed by atoms with Crippen LogP contribution >= 0.6 is 70.6 Å². The van der Waals surface area contributed by atoms with Crippen LogP contribution in [0.5, 0.6) is 0 Å². The summed E-state index contributed by atoms with van der Waals surface area (Å²) in [5.74, 6) is 7.99. The Morgan fingerprint density at radius 1 is 0.800 bits per heavy atom. The van der Waals surface area contributed by atoms with Crippen LogP contribution < -0.4 is 0 Å². The standard InChI is InChI=1S/C13H18OS6/c1-11(18-8-2-15-3-8)12(19-9-4-16-5-9)13(14-1)20-10-6-17-7-10/h8-11H,1-7H2. The van der Waals surface area contributed by atoms with Gasteiger partial charge in [-0.15, -0.1) is 23.5 Å². The highest BCUT2D eigenvalue weighted by Crippen LogP contribution is 2.50. The zero-order valence-electron chi connectivity index (χ0n) is 11.1. The molecule has 0 spiro atoms. The molecule has 4 heterocycles. The Balaban J connectivity index is 1.43. The van der Waals surface area contributed by atoms with E-state index in [4.69, 9.17) is 4.74 Å². The molecule has 0 N–H and O–H groups in total. The molecule has 0 bridgehead atoms. The Labute approximate surface area is 146 Å². The second-order valence-electron chi connectivity index (χ2n) is 5.30. The van der Waals surface area contributed by atoms with Crippen molar-refractivity contribution in [3.05, 3.63) is 10.00 Å². The summed E-state index contributed by atoms with van der Waals surface area (Å²) in [6.45, 7) is 0.927. The maximum atomic E-state index is 6.10. The van der Waals surface area contributed by atoms with Crippen molar-refractivity contribution < 1.29 is 4.74 Å². The third-order valence-corrected chi connectivity index (χ3v) is 13.0. The van der Waals surface area contributed by atoms with Gasteiger partial charge in [-0.2, -0.15) is 35.3 Å². The summed E-state index contributed by atoms with van der Waals surface area (Å²) < 4.78 is 6.10. The van der Waals surface area contributed by atoms with E-state index in [1.807, 2.05) is 11.8 Å². The lowest BCUT2D eigenvalue weighted by atomic mass is 10.4. The van der Waals surface area contributed by atoms with Crippen molar-refractivity contribution in [1.29, 1.82) is 0 Å². The van der Waals surface area contributed by atoms with Crippen molar-refractivity contribution in [3.63, 3.8) is 0 Å². The summed E-state index contributed by atoms with van der Waals surface area (Å²) in [4.78, 5) is 1.60. The first kappa shape index (κ1) is 15.2. The van der Waals surface area contributed by atoms with E-state index < -0.39 is 0 Å². The third kappa shape index (κ3) is 3.42. The van der Waals surface area contributed by atoms with Crippen molar-refractivity contribution in [2.75, 3.05) is 41.1 Å². The van der Waals surface area contributed by atoms with Gasteiger partial charge in [0.15, 0.2) is 5.09 Å². The van der Waals surface area contributed by atoms with E-state index >= 15 is 0 Å². The van der Waals surface area contributed by atoms with E-state index in [2.05, 4.69) is 58.8 Å². The normalized spacial score (nSPS) is 31.7. The molecule has 7 heteroatoms. The number of hydrogen-bond acceptors (Lipinski definition) is 7. The smallest absolute Gasteiger partial charge is 0.164 e. The number of hydrogen-bond donors (Lipinski definition) is 0. The molecule has 0 amide bonds. The van der Waals surface area contributed by atoms with Crippen LogP contribution in [0.4, 0.5) is 0 Å². The van der Waals surface area contributed by atoms with Gasteiger partial charge in [0, 0.05) is 50.3 Å². The van der Waals surface area contributed by atoms with Crippen molar-refractivity contribution in [2.24, 2.45) is 0 Å². The fraction of sp³-hybridized carbons (Fsp3) is 0.846. The summed E-state index contributed by atoms with van der Waals surface area (Å²) >= 11 is 12.6. The van der Waals surface area contributed by atoms with E-state index in [9.17, 15) is 0 Å². The van der Waals surface area contributed by atoms with Gasteiger partial charge in [-0.1, -0.05) is 11.8 Å². The lowest BCUT2D eigenvalue weighted by molar-refractivity contribution is 0.273. The Morgan fingerprint density at radius 3 is 1.95 bits per heavy atom. The first-order valence-electron chi connectivity index (χ1n) is 6.97. The molecule has 4 rings (SSSR count). The van der Waals surface area contributed by atoms with E-state index in [1.54, 1.807) is 4.91 Å². The van der Waals surface area contributed by atoms with Crippen LogP contribution in [0, 0.1) is 0 Å². The third-order valence-electron chi connectivity index (χ3n) is 3.61. The van der Waals surface area contributed by atoms with Gasteiger partial charge in [0.05, 0.1) is 10.2 Å². The van der Waals surface area contributed by atoms with E-state index in [0.29, 0.717) is 5.25 Å². The highest BCUT2D eigenvalue weighted by Gasteiger charge is 2.37. The lowest BCUT2D eigenvalue weighted by Gasteiger charge is -2.30. The van der Waals surface area contributed by atoms with Gasteiger partial charge < -0.3 is 4.74 Å². The zero-order valence-corrected chi connectivity index (χ0v) is 16.0. The largest absolute Gasteiger partial charge is 0.485 e. The van der Waals surface area contributed by atoms with E-state index in [-0.39, 0.29) is 0 Å². The first-order valence-corrected chi connectivity index (χ1v) is 13.1. The quantitative estimate of drug-likeness (QED) is 0.675. The van der Waals surface area contributed by atoms with Gasteiger partial charge in [-0.3, -0.25) is 0 Å². The molecular weight excluding hydrogens is 365 g/mol. The van der Waals surface area contributed by atoms with Crippen LogP contribution in [0.3, 0.4) is 0 Å². The molecule has 1 unspecified atom stereocenters. The van der Waals surface area contributed by atoms with Gasteiger partial charge in [0.2, 0.25) is 0 Å². The van der Waals surface area contributed by atoms with Crippen molar-refractivity contribution in [3.8, 4) is 0 Å². The Bertz CT molecular complexity index is 388. The van der Waals surface area contributed by atoms with Crippen LogP contribution in [-0.4, -0.2) is 62.1 Å². The molecule has 1 nitrogen and oxygen atoms in total. The molecule has 4 aliphatic rings. The van der Waals surface area contributed by atoms with Crippen molar-refractivity contribution >= 4 is 70.6 Å². The SMILES string of the molecule is C1SCC1SC1=C(SC2CSC2)C(SC2CSC2)CO1. The molecule has 0 radical (unpaired) electrons. The van der Waals surface area contributed by atoms with Gasteiger partial charge in [0.1, 0.15) is 6.61 Å². The molecule has 3 saturated heterocycles. The lowest BCUT2D eigenvalue weighted by Crippen LogP contribution is -2.26. The molecule has 20 heavy (non-hydrogen) atoms. The predicted molar refractivity (Wildman–Crippen MR) is 103 cm³/mol. The van der Waals surface area contributed by atoms with Gasteiger partial charge in [-0.05, 0) is 0 Å². The topological polar surface area (TPSA) is 9.23 Å². The maximum Gasteiger partial charge on any atom is 0.164 e. The van der Waals surface area contributed by atoms with Crippen LogP contribution in [0.2, 0.25) is 0 Å². The average Bonchev–Trinajstić information content (AvgIpc) is 2.65. The van der Waals surface area contributed by atoms with Gasteiger partial charge >= 0.3 is 0 Å². The van der Waals surface area contributed by atoms with E-state index in [1.165, 1.54) is 39.6 Å². The van der Waals surface area contributed by atoms with E-state index in [0.717, 1.165) is 22.4 Å². The first-order chi connectivity index (χ1) is 9.88. The molecule has 0 aliphatic carbocycles. The number of rotatable bonds is 6. The molecule has 1 atom stereocenters. The predicted octanol–water partition coefficient (Wildman–Crippen LogP) is 4.10. The molecule has 0 aromatic heterocycles. The highest BCUT2D eigenvalue weighted by atomic mass is 32.2. The van der Waals surface area contributed by atoms with Crippen LogP contribution in [-0.2, 0) is 4.74 Å². The number of ether oxygens (including phenoxy) is 1.